The zero-order valence-corrected chi connectivity index (χ0v) is 27.2. The first-order valence-corrected chi connectivity index (χ1v) is 14.8. The summed E-state index contributed by atoms with van der Waals surface area (Å²) >= 11 is 0. The molecule has 223 valence electrons. The molecular weight excluding hydrogens is 745 g/mol. The second-order valence-corrected chi connectivity index (χ2v) is 10.9. The fraction of sp³-hybridized carbons (Fsp3) is 0.0244. The molecular formula is C41H26IrN2O2-2. The summed E-state index contributed by atoms with van der Waals surface area (Å²) in [6, 6.07) is 48.8. The quantitative estimate of drug-likeness (QED) is 0.168. The third-order valence-corrected chi connectivity index (χ3v) is 7.94. The number of pyridine rings is 2. The third-order valence-electron chi connectivity index (χ3n) is 7.94. The van der Waals surface area contributed by atoms with E-state index in [0.29, 0.717) is 0 Å². The topological polar surface area (TPSA) is 52.1 Å². The molecule has 0 saturated carbocycles. The van der Waals surface area contributed by atoms with Crippen molar-refractivity contribution in [1.29, 1.82) is 0 Å². The number of hydrogen-bond donors (Lipinski definition) is 0. The van der Waals surface area contributed by atoms with Crippen LogP contribution in [0.1, 0.15) is 5.56 Å². The first-order chi connectivity index (χ1) is 22.2. The maximum atomic E-state index is 6.25. The van der Waals surface area contributed by atoms with Gasteiger partial charge in [0.25, 0.3) is 0 Å². The Kier molecular flexibility index (Phi) is 8.02. The van der Waals surface area contributed by atoms with Gasteiger partial charge >= 0.3 is 0 Å². The van der Waals surface area contributed by atoms with E-state index in [1.807, 2.05) is 104 Å². The molecule has 0 fully saturated rings. The summed E-state index contributed by atoms with van der Waals surface area (Å²) in [5.41, 5.74) is 10.6. The number of aryl methyl sites for hydroxylation is 1. The maximum Gasteiger partial charge on any atom is 0.139 e. The Morgan fingerprint density at radius 3 is 1.70 bits per heavy atom. The van der Waals surface area contributed by atoms with Crippen molar-refractivity contribution in [3.8, 4) is 33.6 Å². The summed E-state index contributed by atoms with van der Waals surface area (Å²) < 4.78 is 12.5. The van der Waals surface area contributed by atoms with Crippen molar-refractivity contribution >= 4 is 43.9 Å². The van der Waals surface area contributed by atoms with E-state index in [-0.39, 0.29) is 20.1 Å². The van der Waals surface area contributed by atoms with Crippen LogP contribution in [0.15, 0.2) is 149 Å². The molecule has 9 rings (SSSR count). The monoisotopic (exact) mass is 771 g/mol. The second kappa shape index (κ2) is 12.6. The van der Waals surface area contributed by atoms with E-state index in [1.54, 1.807) is 0 Å². The first kappa shape index (κ1) is 29.4. The minimum atomic E-state index is 0. The van der Waals surface area contributed by atoms with Crippen LogP contribution >= 0.6 is 0 Å². The molecule has 5 heteroatoms. The molecule has 0 spiro atoms. The number of nitrogens with zero attached hydrogens (tertiary/aromatic N) is 2. The van der Waals surface area contributed by atoms with Crippen LogP contribution < -0.4 is 0 Å². The van der Waals surface area contributed by atoms with Crippen molar-refractivity contribution in [2.24, 2.45) is 0 Å². The number of benzene rings is 5. The van der Waals surface area contributed by atoms with Crippen LogP contribution in [-0.2, 0) is 20.1 Å². The van der Waals surface area contributed by atoms with E-state index in [4.69, 9.17) is 8.83 Å². The predicted molar refractivity (Wildman–Crippen MR) is 182 cm³/mol. The molecule has 0 saturated heterocycles. The molecule has 0 aliphatic carbocycles. The molecule has 0 N–H and O–H groups in total. The Labute approximate surface area is 279 Å². The van der Waals surface area contributed by atoms with Gasteiger partial charge in [0.05, 0.1) is 0 Å². The van der Waals surface area contributed by atoms with Gasteiger partial charge in [0.2, 0.25) is 0 Å². The van der Waals surface area contributed by atoms with E-state index in [2.05, 4.69) is 64.6 Å². The second-order valence-electron chi connectivity index (χ2n) is 10.9. The van der Waals surface area contributed by atoms with Gasteiger partial charge in [0, 0.05) is 65.7 Å². The van der Waals surface area contributed by atoms with E-state index >= 15 is 0 Å². The van der Waals surface area contributed by atoms with E-state index in [0.717, 1.165) is 77.5 Å². The molecule has 0 atom stereocenters. The molecule has 4 nitrogen and oxygen atoms in total. The molecule has 0 aliphatic heterocycles. The predicted octanol–water partition coefficient (Wildman–Crippen LogP) is 10.9. The smallest absolute Gasteiger partial charge is 0.139 e. The number of para-hydroxylation sites is 2. The van der Waals surface area contributed by atoms with Gasteiger partial charge in [0.1, 0.15) is 22.3 Å². The van der Waals surface area contributed by atoms with Crippen LogP contribution in [0.2, 0.25) is 0 Å². The van der Waals surface area contributed by atoms with Crippen LogP contribution in [0.3, 0.4) is 0 Å². The number of rotatable bonds is 3. The normalized spacial score (nSPS) is 11.0. The van der Waals surface area contributed by atoms with Gasteiger partial charge in [-0.2, -0.15) is 0 Å². The van der Waals surface area contributed by atoms with E-state index < -0.39 is 0 Å². The third kappa shape index (κ3) is 5.41. The zero-order valence-electron chi connectivity index (χ0n) is 24.8. The van der Waals surface area contributed by atoms with Crippen molar-refractivity contribution in [2.75, 3.05) is 0 Å². The van der Waals surface area contributed by atoms with Crippen LogP contribution in [0.5, 0.6) is 0 Å². The van der Waals surface area contributed by atoms with Crippen molar-refractivity contribution < 1.29 is 28.9 Å². The van der Waals surface area contributed by atoms with Crippen molar-refractivity contribution in [1.82, 2.24) is 9.97 Å². The van der Waals surface area contributed by atoms with Gasteiger partial charge in [-0.1, -0.05) is 54.6 Å². The van der Waals surface area contributed by atoms with Crippen molar-refractivity contribution in [2.45, 2.75) is 6.92 Å². The van der Waals surface area contributed by atoms with Gasteiger partial charge in [-0.25, -0.2) is 0 Å². The average Bonchev–Trinajstić information content (AvgIpc) is 3.66. The molecule has 0 amide bonds. The maximum absolute atomic E-state index is 6.25. The summed E-state index contributed by atoms with van der Waals surface area (Å²) in [4.78, 5) is 8.93. The zero-order chi connectivity index (χ0) is 30.2. The minimum absolute atomic E-state index is 0. The Balaban J connectivity index is 0.000000204. The average molecular weight is 771 g/mol. The summed E-state index contributed by atoms with van der Waals surface area (Å²) in [5, 5.41) is 4.37. The molecule has 1 radical (unpaired) electrons. The van der Waals surface area contributed by atoms with Crippen LogP contribution in [0, 0.1) is 19.1 Å². The fourth-order valence-corrected chi connectivity index (χ4v) is 5.85. The summed E-state index contributed by atoms with van der Waals surface area (Å²) in [5.74, 6) is 0. The van der Waals surface area contributed by atoms with Gasteiger partial charge in [-0.05, 0) is 47.6 Å². The SMILES string of the molecule is Cc1ccc(-c2[c-]cccc2)nc1.[Ir].[c-]1ccccc1-c1cc(-c2c3c(cc4oc5ccccc5c24)oc2ccccc23)ccn1. The van der Waals surface area contributed by atoms with Crippen LogP contribution in [0.4, 0.5) is 0 Å². The Bertz CT molecular complexity index is 2340. The molecule has 4 heterocycles. The van der Waals surface area contributed by atoms with Gasteiger partial charge in [-0.3, -0.25) is 0 Å². The molecule has 0 unspecified atom stereocenters. The van der Waals surface area contributed by atoms with Crippen molar-refractivity contribution in [3.05, 3.63) is 157 Å². The van der Waals surface area contributed by atoms with E-state index in [1.165, 1.54) is 5.56 Å². The number of fused-ring (bicyclic) bond motifs is 6. The molecule has 0 aliphatic rings. The fourth-order valence-electron chi connectivity index (χ4n) is 5.85. The van der Waals surface area contributed by atoms with Crippen LogP contribution in [0.25, 0.3) is 77.5 Å². The Morgan fingerprint density at radius 1 is 0.543 bits per heavy atom. The molecule has 46 heavy (non-hydrogen) atoms. The van der Waals surface area contributed by atoms with Gasteiger partial charge in [-0.15, -0.1) is 71.8 Å². The molecule has 0 bridgehead atoms. The molecule has 9 aromatic rings. The largest absolute Gasteiger partial charge is 0.456 e. The Hall–Kier alpha value is -5.35. The van der Waals surface area contributed by atoms with Gasteiger partial charge in [0.15, 0.2) is 0 Å². The van der Waals surface area contributed by atoms with Crippen LogP contribution in [-0.4, -0.2) is 9.97 Å². The first-order valence-electron chi connectivity index (χ1n) is 14.8. The molecule has 4 aromatic heterocycles. The standard InChI is InChI=1S/C29H16NO2.C12H10N.Ir/c1-2-8-18(9-3-1)22-16-19(14-15-30-22)27-28-20-10-4-6-12-23(20)31-25(28)17-26-29(27)21-11-5-7-13-24(21)32-26;1-10-7-8-12(13-9-10)11-5-3-2-4-6-11;/h1-8,10-17H;2-5,7-9H,1H3;/q2*-1;. The van der Waals surface area contributed by atoms with E-state index in [9.17, 15) is 0 Å². The number of aromatic nitrogens is 2. The molecule has 5 aromatic carbocycles. The summed E-state index contributed by atoms with van der Waals surface area (Å²) in [7, 11) is 0. The van der Waals surface area contributed by atoms with Gasteiger partial charge < -0.3 is 18.8 Å². The summed E-state index contributed by atoms with van der Waals surface area (Å²) in [6.45, 7) is 2.03. The summed E-state index contributed by atoms with van der Waals surface area (Å²) in [6.07, 6.45) is 3.73. The number of furan rings is 2. The minimum Gasteiger partial charge on any atom is -0.456 e. The Morgan fingerprint density at radius 2 is 1.13 bits per heavy atom. The number of hydrogen-bond acceptors (Lipinski definition) is 4. The van der Waals surface area contributed by atoms with Crippen molar-refractivity contribution in [3.63, 3.8) is 0 Å².